The molecule has 1 aliphatic rings. The smallest absolute Gasteiger partial charge is 0.338 e. The third-order valence-electron chi connectivity index (χ3n) is 4.12. The van der Waals surface area contributed by atoms with Crippen LogP contribution in [0.1, 0.15) is 21.5 Å². The van der Waals surface area contributed by atoms with Crippen molar-refractivity contribution >= 4 is 11.9 Å². The fourth-order valence-corrected chi connectivity index (χ4v) is 2.73. The largest absolute Gasteiger partial charge is 0.504 e. The highest BCUT2D eigenvalue weighted by molar-refractivity contribution is 5.92. The summed E-state index contributed by atoms with van der Waals surface area (Å²) in [5.41, 5.74) is 2.12. The third kappa shape index (κ3) is 3.50. The number of phenolic OH excluding ortho intramolecular Hbond substituents is 3. The molecule has 1 aliphatic heterocycles. The van der Waals surface area contributed by atoms with Gasteiger partial charge in [-0.15, -0.1) is 0 Å². The number of carbonyl (C=O) groups excluding carboxylic acids is 2. The molecule has 0 radical (unpaired) electrons. The van der Waals surface area contributed by atoms with Crippen molar-refractivity contribution < 1.29 is 29.6 Å². The monoisotopic (exact) mass is 343 g/mol. The van der Waals surface area contributed by atoms with Gasteiger partial charge in [0.25, 0.3) is 5.91 Å². The van der Waals surface area contributed by atoms with Gasteiger partial charge in [-0.25, -0.2) is 4.79 Å². The molecule has 0 bridgehead atoms. The van der Waals surface area contributed by atoms with E-state index >= 15 is 0 Å². The van der Waals surface area contributed by atoms with E-state index in [1.54, 1.807) is 4.90 Å². The summed E-state index contributed by atoms with van der Waals surface area (Å²) in [5, 5.41) is 28.1. The molecular weight excluding hydrogens is 326 g/mol. The molecule has 0 saturated carbocycles. The highest BCUT2D eigenvalue weighted by Crippen LogP contribution is 2.35. The lowest BCUT2D eigenvalue weighted by Crippen LogP contribution is -2.38. The van der Waals surface area contributed by atoms with E-state index in [9.17, 15) is 24.9 Å². The van der Waals surface area contributed by atoms with Gasteiger partial charge in [0, 0.05) is 13.1 Å². The van der Waals surface area contributed by atoms with Gasteiger partial charge < -0.3 is 25.0 Å². The Balaban J connectivity index is 1.60. The van der Waals surface area contributed by atoms with E-state index < -0.39 is 29.8 Å². The first-order valence-corrected chi connectivity index (χ1v) is 7.72. The van der Waals surface area contributed by atoms with Crippen LogP contribution in [-0.4, -0.2) is 45.2 Å². The predicted molar refractivity (Wildman–Crippen MR) is 87.3 cm³/mol. The maximum absolute atomic E-state index is 12.2. The summed E-state index contributed by atoms with van der Waals surface area (Å²) in [7, 11) is 0. The Kier molecular flexibility index (Phi) is 4.47. The van der Waals surface area contributed by atoms with Crippen LogP contribution in [0.2, 0.25) is 0 Å². The van der Waals surface area contributed by atoms with Crippen molar-refractivity contribution in [2.75, 3.05) is 13.2 Å². The Morgan fingerprint density at radius 3 is 2.36 bits per heavy atom. The lowest BCUT2D eigenvalue weighted by atomic mass is 10.00. The SMILES string of the molecule is O=C(OCC(=O)N1CCc2ccccc2C1)c1cc(O)c(O)c(O)c1. The van der Waals surface area contributed by atoms with E-state index in [1.807, 2.05) is 24.3 Å². The number of fused-ring (bicyclic) bond motifs is 1. The molecule has 0 aliphatic carbocycles. The third-order valence-corrected chi connectivity index (χ3v) is 4.12. The van der Waals surface area contributed by atoms with E-state index in [0.29, 0.717) is 13.1 Å². The van der Waals surface area contributed by atoms with E-state index in [-0.39, 0.29) is 11.5 Å². The maximum Gasteiger partial charge on any atom is 0.338 e. The molecule has 2 aromatic carbocycles. The van der Waals surface area contributed by atoms with Crippen LogP contribution in [0.4, 0.5) is 0 Å². The molecule has 3 rings (SSSR count). The van der Waals surface area contributed by atoms with Crippen LogP contribution in [0.25, 0.3) is 0 Å². The fourth-order valence-electron chi connectivity index (χ4n) is 2.73. The van der Waals surface area contributed by atoms with Gasteiger partial charge in [0.1, 0.15) is 0 Å². The molecule has 1 heterocycles. The number of esters is 1. The second kappa shape index (κ2) is 6.72. The van der Waals surface area contributed by atoms with Gasteiger partial charge >= 0.3 is 5.97 Å². The molecule has 2 aromatic rings. The maximum atomic E-state index is 12.2. The topological polar surface area (TPSA) is 107 Å². The van der Waals surface area contributed by atoms with E-state index in [2.05, 4.69) is 0 Å². The number of carbonyl (C=O) groups is 2. The standard InChI is InChI=1S/C18H17NO6/c20-14-7-13(8-15(21)17(14)23)18(24)25-10-16(22)19-6-5-11-3-1-2-4-12(11)9-19/h1-4,7-8,20-21,23H,5-6,9-10H2. The Morgan fingerprint density at radius 1 is 1.04 bits per heavy atom. The highest BCUT2D eigenvalue weighted by atomic mass is 16.5. The number of aromatic hydroxyl groups is 3. The lowest BCUT2D eigenvalue weighted by molar-refractivity contribution is -0.135. The van der Waals surface area contributed by atoms with Crippen LogP contribution in [-0.2, 0) is 22.5 Å². The van der Waals surface area contributed by atoms with Crippen LogP contribution in [0.3, 0.4) is 0 Å². The van der Waals surface area contributed by atoms with E-state index in [4.69, 9.17) is 4.74 Å². The minimum absolute atomic E-state index is 0.162. The summed E-state index contributed by atoms with van der Waals surface area (Å²) in [6, 6.07) is 9.78. The zero-order valence-electron chi connectivity index (χ0n) is 13.3. The van der Waals surface area contributed by atoms with Gasteiger partial charge in [-0.2, -0.15) is 0 Å². The van der Waals surface area contributed by atoms with Gasteiger partial charge in [0.2, 0.25) is 0 Å². The number of ether oxygens (including phenoxy) is 1. The average Bonchev–Trinajstić information content (AvgIpc) is 2.63. The van der Waals surface area contributed by atoms with Crippen molar-refractivity contribution in [1.29, 1.82) is 0 Å². The number of phenols is 3. The van der Waals surface area contributed by atoms with Crippen LogP contribution in [0, 0.1) is 0 Å². The lowest BCUT2D eigenvalue weighted by Gasteiger charge is -2.28. The van der Waals surface area contributed by atoms with Crippen LogP contribution < -0.4 is 0 Å². The summed E-state index contributed by atoms with van der Waals surface area (Å²) < 4.78 is 4.95. The van der Waals surface area contributed by atoms with Crippen molar-refractivity contribution in [3.05, 3.63) is 53.1 Å². The second-order valence-electron chi connectivity index (χ2n) is 5.77. The van der Waals surface area contributed by atoms with Crippen molar-refractivity contribution in [3.63, 3.8) is 0 Å². The molecule has 0 spiro atoms. The molecular formula is C18H17NO6. The minimum atomic E-state index is -0.878. The van der Waals surface area contributed by atoms with Crippen LogP contribution in [0.15, 0.2) is 36.4 Å². The van der Waals surface area contributed by atoms with Gasteiger partial charge in [-0.3, -0.25) is 4.79 Å². The summed E-state index contributed by atoms with van der Waals surface area (Å²) in [6.45, 7) is 0.574. The van der Waals surface area contributed by atoms with Crippen molar-refractivity contribution in [2.24, 2.45) is 0 Å². The number of nitrogens with zero attached hydrogens (tertiary/aromatic N) is 1. The predicted octanol–water partition coefficient (Wildman–Crippen LogP) is 1.55. The quantitative estimate of drug-likeness (QED) is 0.576. The summed E-state index contributed by atoms with van der Waals surface area (Å²) >= 11 is 0. The molecule has 0 atom stereocenters. The average molecular weight is 343 g/mol. The van der Waals surface area contributed by atoms with E-state index in [1.165, 1.54) is 5.56 Å². The van der Waals surface area contributed by atoms with Crippen molar-refractivity contribution in [3.8, 4) is 17.2 Å². The molecule has 25 heavy (non-hydrogen) atoms. The van der Waals surface area contributed by atoms with Gasteiger partial charge in [-0.05, 0) is 29.7 Å². The molecule has 1 amide bonds. The molecule has 0 fully saturated rings. The first kappa shape index (κ1) is 16.6. The molecule has 0 aromatic heterocycles. The first-order valence-electron chi connectivity index (χ1n) is 7.72. The number of rotatable bonds is 3. The molecule has 130 valence electrons. The van der Waals surface area contributed by atoms with Crippen LogP contribution in [0.5, 0.6) is 17.2 Å². The van der Waals surface area contributed by atoms with Gasteiger partial charge in [0.05, 0.1) is 5.56 Å². The molecule has 7 nitrogen and oxygen atoms in total. The normalized spacial score (nSPS) is 13.2. The summed E-state index contributed by atoms with van der Waals surface area (Å²) in [4.78, 5) is 25.8. The molecule has 7 heteroatoms. The van der Waals surface area contributed by atoms with Gasteiger partial charge in [0.15, 0.2) is 23.9 Å². The first-order chi connectivity index (χ1) is 12.0. The fraction of sp³-hybridized carbons (Fsp3) is 0.222. The zero-order chi connectivity index (χ0) is 18.0. The number of amides is 1. The van der Waals surface area contributed by atoms with E-state index in [0.717, 1.165) is 24.1 Å². The Bertz CT molecular complexity index is 809. The molecule has 0 saturated heterocycles. The number of benzene rings is 2. The zero-order valence-corrected chi connectivity index (χ0v) is 13.3. The Labute approximate surface area is 143 Å². The molecule has 3 N–H and O–H groups in total. The summed E-state index contributed by atoms with van der Waals surface area (Å²) in [5.74, 6) is -3.22. The van der Waals surface area contributed by atoms with Crippen LogP contribution >= 0.6 is 0 Å². The second-order valence-corrected chi connectivity index (χ2v) is 5.77. The Hall–Kier alpha value is -3.22. The number of hydrogen-bond acceptors (Lipinski definition) is 6. The molecule has 0 unspecified atom stereocenters. The minimum Gasteiger partial charge on any atom is -0.504 e. The number of hydrogen-bond donors (Lipinski definition) is 3. The summed E-state index contributed by atoms with van der Waals surface area (Å²) in [6.07, 6.45) is 0.746. The van der Waals surface area contributed by atoms with Crippen molar-refractivity contribution in [2.45, 2.75) is 13.0 Å². The Morgan fingerprint density at radius 2 is 1.68 bits per heavy atom. The highest BCUT2D eigenvalue weighted by Gasteiger charge is 2.22. The van der Waals surface area contributed by atoms with Crippen molar-refractivity contribution in [1.82, 2.24) is 4.90 Å². The van der Waals surface area contributed by atoms with Gasteiger partial charge in [-0.1, -0.05) is 24.3 Å².